The Kier molecular flexibility index (Phi) is 3.67. The largest absolute Gasteiger partial charge is 0.506 e. The maximum atomic E-state index is 12.6. The minimum Gasteiger partial charge on any atom is -0.506 e. The monoisotopic (exact) mass is 342 g/mol. The van der Waals surface area contributed by atoms with E-state index in [0.29, 0.717) is 24.4 Å². The fourth-order valence-corrected chi connectivity index (χ4v) is 3.21. The summed E-state index contributed by atoms with van der Waals surface area (Å²) in [6, 6.07) is 2.87. The minimum absolute atomic E-state index is 0.00741. The van der Waals surface area contributed by atoms with Crippen molar-refractivity contribution in [3.63, 3.8) is 0 Å². The van der Waals surface area contributed by atoms with Gasteiger partial charge in [0.25, 0.3) is 5.91 Å². The SMILES string of the molecule is O=C(O)c1nn(CC2CC2)c2c1CN(C(=O)c1ccc(O)cn1)CC2. The van der Waals surface area contributed by atoms with Gasteiger partial charge in [-0.15, -0.1) is 0 Å². The van der Waals surface area contributed by atoms with E-state index in [-0.39, 0.29) is 29.6 Å². The summed E-state index contributed by atoms with van der Waals surface area (Å²) in [6.45, 7) is 1.45. The predicted octanol–water partition coefficient (Wildman–Crippen LogP) is 1.29. The van der Waals surface area contributed by atoms with Gasteiger partial charge in [-0.2, -0.15) is 5.10 Å². The zero-order valence-corrected chi connectivity index (χ0v) is 13.6. The highest BCUT2D eigenvalue weighted by Crippen LogP contribution is 2.32. The number of carboxylic acid groups (broad SMARTS) is 1. The highest BCUT2D eigenvalue weighted by atomic mass is 16.4. The summed E-state index contributed by atoms with van der Waals surface area (Å²) in [4.78, 5) is 29.7. The molecule has 0 unspecified atom stereocenters. The molecule has 2 aromatic heterocycles. The molecule has 1 saturated carbocycles. The van der Waals surface area contributed by atoms with Crippen LogP contribution in [0.25, 0.3) is 0 Å². The van der Waals surface area contributed by atoms with Crippen LogP contribution in [0.2, 0.25) is 0 Å². The summed E-state index contributed by atoms with van der Waals surface area (Å²) in [7, 11) is 0. The Morgan fingerprint density at radius 2 is 2.08 bits per heavy atom. The zero-order valence-electron chi connectivity index (χ0n) is 13.6. The first-order valence-electron chi connectivity index (χ1n) is 8.29. The number of fused-ring (bicyclic) bond motifs is 1. The summed E-state index contributed by atoms with van der Waals surface area (Å²) in [5, 5.41) is 23.0. The highest BCUT2D eigenvalue weighted by molar-refractivity contribution is 5.93. The van der Waals surface area contributed by atoms with Gasteiger partial charge in [0.15, 0.2) is 5.69 Å². The first-order valence-corrected chi connectivity index (χ1v) is 8.29. The number of hydrogen-bond donors (Lipinski definition) is 2. The topological polar surface area (TPSA) is 109 Å². The second kappa shape index (κ2) is 5.87. The van der Waals surface area contributed by atoms with Crippen LogP contribution in [0.3, 0.4) is 0 Å². The molecule has 1 fully saturated rings. The number of hydrogen-bond acceptors (Lipinski definition) is 5. The molecular formula is C17H18N4O4. The summed E-state index contributed by atoms with van der Waals surface area (Å²) in [5.41, 5.74) is 1.80. The molecule has 0 bridgehead atoms. The molecule has 8 nitrogen and oxygen atoms in total. The van der Waals surface area contributed by atoms with Crippen LogP contribution in [-0.2, 0) is 19.5 Å². The molecule has 25 heavy (non-hydrogen) atoms. The van der Waals surface area contributed by atoms with Gasteiger partial charge in [-0.25, -0.2) is 9.78 Å². The number of pyridine rings is 1. The summed E-state index contributed by atoms with van der Waals surface area (Å²) in [5.74, 6) is -0.765. The summed E-state index contributed by atoms with van der Waals surface area (Å²) in [6.07, 6.45) is 4.12. The van der Waals surface area contributed by atoms with Gasteiger partial charge in [0.1, 0.15) is 11.4 Å². The molecule has 3 heterocycles. The van der Waals surface area contributed by atoms with E-state index in [2.05, 4.69) is 10.1 Å². The van der Waals surface area contributed by atoms with Crippen molar-refractivity contribution in [2.24, 2.45) is 5.92 Å². The van der Waals surface area contributed by atoms with E-state index in [1.807, 2.05) is 4.68 Å². The number of nitrogens with zero attached hydrogens (tertiary/aromatic N) is 4. The Bertz CT molecular complexity index is 839. The second-order valence-corrected chi connectivity index (χ2v) is 6.58. The van der Waals surface area contributed by atoms with E-state index in [0.717, 1.165) is 25.1 Å². The molecule has 1 amide bonds. The van der Waals surface area contributed by atoms with Crippen LogP contribution in [0.1, 0.15) is 45.1 Å². The molecule has 2 aromatic rings. The molecule has 1 aliphatic heterocycles. The van der Waals surface area contributed by atoms with E-state index < -0.39 is 5.97 Å². The Balaban J connectivity index is 1.61. The number of aromatic nitrogens is 3. The van der Waals surface area contributed by atoms with Crippen LogP contribution >= 0.6 is 0 Å². The Morgan fingerprint density at radius 3 is 2.72 bits per heavy atom. The molecule has 2 aliphatic rings. The van der Waals surface area contributed by atoms with Crippen LogP contribution in [0.15, 0.2) is 18.3 Å². The van der Waals surface area contributed by atoms with Crippen LogP contribution in [0, 0.1) is 5.92 Å². The molecule has 0 spiro atoms. The van der Waals surface area contributed by atoms with E-state index >= 15 is 0 Å². The fraction of sp³-hybridized carbons (Fsp3) is 0.412. The van der Waals surface area contributed by atoms with Crippen molar-refractivity contribution < 1.29 is 19.8 Å². The zero-order chi connectivity index (χ0) is 17.6. The third-order valence-electron chi connectivity index (χ3n) is 4.72. The summed E-state index contributed by atoms with van der Waals surface area (Å²) >= 11 is 0. The molecule has 0 aromatic carbocycles. The maximum absolute atomic E-state index is 12.6. The van der Waals surface area contributed by atoms with Gasteiger partial charge >= 0.3 is 5.97 Å². The summed E-state index contributed by atoms with van der Waals surface area (Å²) < 4.78 is 1.82. The van der Waals surface area contributed by atoms with E-state index in [9.17, 15) is 19.8 Å². The van der Waals surface area contributed by atoms with E-state index in [4.69, 9.17) is 0 Å². The molecular weight excluding hydrogens is 324 g/mol. The van der Waals surface area contributed by atoms with Crippen molar-refractivity contribution in [2.75, 3.05) is 6.54 Å². The maximum Gasteiger partial charge on any atom is 0.356 e. The van der Waals surface area contributed by atoms with Gasteiger partial charge in [-0.1, -0.05) is 0 Å². The van der Waals surface area contributed by atoms with Gasteiger partial charge in [-0.05, 0) is 30.9 Å². The van der Waals surface area contributed by atoms with Crippen LogP contribution in [0.4, 0.5) is 0 Å². The standard InChI is InChI=1S/C17H18N4O4/c22-11-3-4-13(18-7-11)16(23)20-6-5-14-12(9-20)15(17(24)25)19-21(14)8-10-1-2-10/h3-4,7,10,22H,1-2,5-6,8-9H2,(H,24,25). The smallest absolute Gasteiger partial charge is 0.356 e. The van der Waals surface area contributed by atoms with Crippen molar-refractivity contribution in [3.05, 3.63) is 41.0 Å². The first-order chi connectivity index (χ1) is 12.0. The molecule has 130 valence electrons. The number of aromatic hydroxyl groups is 1. The van der Waals surface area contributed by atoms with Crippen molar-refractivity contribution in [2.45, 2.75) is 32.4 Å². The molecule has 0 radical (unpaired) electrons. The lowest BCUT2D eigenvalue weighted by atomic mass is 10.0. The van der Waals surface area contributed by atoms with Gasteiger partial charge in [-0.3, -0.25) is 9.48 Å². The highest BCUT2D eigenvalue weighted by Gasteiger charge is 2.32. The number of aromatic carboxylic acids is 1. The number of carbonyl (C=O) groups is 2. The second-order valence-electron chi connectivity index (χ2n) is 6.58. The lowest BCUT2D eigenvalue weighted by molar-refractivity contribution is 0.0673. The van der Waals surface area contributed by atoms with Gasteiger partial charge in [0, 0.05) is 30.8 Å². The third-order valence-corrected chi connectivity index (χ3v) is 4.72. The van der Waals surface area contributed by atoms with Crippen LogP contribution in [0.5, 0.6) is 5.75 Å². The average molecular weight is 342 g/mol. The molecule has 4 rings (SSSR count). The minimum atomic E-state index is -1.07. The Labute approximate surface area is 143 Å². The van der Waals surface area contributed by atoms with E-state index in [1.54, 1.807) is 4.90 Å². The molecule has 2 N–H and O–H groups in total. The van der Waals surface area contributed by atoms with Crippen LogP contribution in [-0.4, -0.2) is 48.3 Å². The van der Waals surface area contributed by atoms with Crippen molar-refractivity contribution in [1.82, 2.24) is 19.7 Å². The number of rotatable bonds is 4. The van der Waals surface area contributed by atoms with E-state index in [1.165, 1.54) is 18.3 Å². The van der Waals surface area contributed by atoms with Crippen molar-refractivity contribution in [3.8, 4) is 5.75 Å². The molecule has 1 aliphatic carbocycles. The number of amides is 1. The first kappa shape index (κ1) is 15.6. The van der Waals surface area contributed by atoms with Crippen LogP contribution < -0.4 is 0 Å². The molecule has 8 heteroatoms. The Morgan fingerprint density at radius 1 is 1.28 bits per heavy atom. The number of carboxylic acids is 1. The quantitative estimate of drug-likeness (QED) is 0.867. The predicted molar refractivity (Wildman–Crippen MR) is 86.3 cm³/mol. The van der Waals surface area contributed by atoms with Gasteiger partial charge < -0.3 is 15.1 Å². The lowest BCUT2D eigenvalue weighted by Crippen LogP contribution is -2.37. The molecule has 0 atom stereocenters. The van der Waals surface area contributed by atoms with Crippen molar-refractivity contribution >= 4 is 11.9 Å². The fourth-order valence-electron chi connectivity index (χ4n) is 3.21. The average Bonchev–Trinajstić information content (AvgIpc) is 3.34. The van der Waals surface area contributed by atoms with Gasteiger partial charge in [0.05, 0.1) is 12.7 Å². The van der Waals surface area contributed by atoms with Gasteiger partial charge in [0.2, 0.25) is 0 Å². The lowest BCUT2D eigenvalue weighted by Gasteiger charge is -2.27. The van der Waals surface area contributed by atoms with Crippen molar-refractivity contribution in [1.29, 1.82) is 0 Å². The Hall–Kier alpha value is -2.90. The third kappa shape index (κ3) is 2.95. The molecule has 0 saturated heterocycles. The normalized spacial score (nSPS) is 16.6. The number of carbonyl (C=O) groups excluding carboxylic acids is 1.